The van der Waals surface area contributed by atoms with Crippen LogP contribution in [0.25, 0.3) is 0 Å². The standard InChI is InChI=1S/C16H20ClFN2O2/c1-10(22-15-5-2-11(18)8-14(15)17)16(21)20-7-6-12-3-4-13(9-20)19-12/h2,5,8,10,12-13,19H,3-4,6-7,9H2,1H3. The van der Waals surface area contributed by atoms with Gasteiger partial charge in [-0.15, -0.1) is 0 Å². The number of ether oxygens (including phenoxy) is 1. The molecule has 3 rings (SSSR count). The number of fused-ring (bicyclic) bond motifs is 2. The highest BCUT2D eigenvalue weighted by Crippen LogP contribution is 2.27. The molecule has 1 N–H and O–H groups in total. The molecule has 3 unspecified atom stereocenters. The van der Waals surface area contributed by atoms with Crippen LogP contribution in [0.4, 0.5) is 4.39 Å². The lowest BCUT2D eigenvalue weighted by Crippen LogP contribution is -2.44. The number of hydrogen-bond donors (Lipinski definition) is 1. The van der Waals surface area contributed by atoms with Crippen LogP contribution < -0.4 is 10.1 Å². The first-order chi connectivity index (χ1) is 10.5. The number of carbonyl (C=O) groups is 1. The molecule has 1 amide bonds. The Morgan fingerprint density at radius 1 is 1.41 bits per heavy atom. The van der Waals surface area contributed by atoms with Gasteiger partial charge < -0.3 is 15.0 Å². The van der Waals surface area contributed by atoms with E-state index in [0.717, 1.165) is 25.9 Å². The topological polar surface area (TPSA) is 41.6 Å². The lowest BCUT2D eigenvalue weighted by molar-refractivity contribution is -0.138. The number of likely N-dealkylation sites (tertiary alicyclic amines) is 1. The predicted molar refractivity (Wildman–Crippen MR) is 82.6 cm³/mol. The van der Waals surface area contributed by atoms with Crippen molar-refractivity contribution in [2.45, 2.75) is 44.4 Å². The van der Waals surface area contributed by atoms with E-state index in [2.05, 4.69) is 5.32 Å². The van der Waals surface area contributed by atoms with Gasteiger partial charge in [0.05, 0.1) is 5.02 Å². The van der Waals surface area contributed by atoms with Crippen LogP contribution in [0.3, 0.4) is 0 Å². The van der Waals surface area contributed by atoms with Crippen LogP contribution in [0, 0.1) is 5.82 Å². The van der Waals surface area contributed by atoms with Gasteiger partial charge in [0.2, 0.25) is 0 Å². The number of rotatable bonds is 3. The summed E-state index contributed by atoms with van der Waals surface area (Å²) in [7, 11) is 0. The summed E-state index contributed by atoms with van der Waals surface area (Å²) in [5.41, 5.74) is 0. The van der Waals surface area contributed by atoms with E-state index in [1.165, 1.54) is 24.6 Å². The van der Waals surface area contributed by atoms with E-state index >= 15 is 0 Å². The quantitative estimate of drug-likeness (QED) is 0.928. The van der Waals surface area contributed by atoms with Gasteiger partial charge in [-0.2, -0.15) is 0 Å². The van der Waals surface area contributed by atoms with E-state index in [1.54, 1.807) is 6.92 Å². The molecular formula is C16H20ClFN2O2. The highest BCUT2D eigenvalue weighted by atomic mass is 35.5. The van der Waals surface area contributed by atoms with E-state index in [4.69, 9.17) is 16.3 Å². The van der Waals surface area contributed by atoms with Gasteiger partial charge in [0.1, 0.15) is 11.6 Å². The molecule has 0 radical (unpaired) electrons. The predicted octanol–water partition coefficient (Wildman–Crippen LogP) is 2.60. The second kappa shape index (κ2) is 6.42. The second-order valence-corrected chi connectivity index (χ2v) is 6.45. The highest BCUT2D eigenvalue weighted by Gasteiger charge is 2.33. The summed E-state index contributed by atoms with van der Waals surface area (Å²) in [5, 5.41) is 3.72. The lowest BCUT2D eigenvalue weighted by Gasteiger charge is -2.27. The van der Waals surface area contributed by atoms with Gasteiger partial charge in [-0.3, -0.25) is 4.79 Å². The monoisotopic (exact) mass is 326 g/mol. The second-order valence-electron chi connectivity index (χ2n) is 6.05. The van der Waals surface area contributed by atoms with E-state index in [9.17, 15) is 9.18 Å². The maximum Gasteiger partial charge on any atom is 0.263 e. The molecule has 4 nitrogen and oxygen atoms in total. The van der Waals surface area contributed by atoms with Crippen LogP contribution in [0.15, 0.2) is 18.2 Å². The molecule has 2 aliphatic heterocycles. The number of hydrogen-bond acceptors (Lipinski definition) is 3. The molecule has 0 saturated carbocycles. The van der Waals surface area contributed by atoms with Crippen molar-refractivity contribution in [2.24, 2.45) is 0 Å². The molecule has 2 fully saturated rings. The van der Waals surface area contributed by atoms with Gasteiger partial charge in [0, 0.05) is 25.2 Å². The number of nitrogens with zero attached hydrogens (tertiary/aromatic N) is 1. The molecule has 1 aromatic carbocycles. The molecule has 0 aromatic heterocycles. The van der Waals surface area contributed by atoms with Crippen molar-refractivity contribution in [1.29, 1.82) is 0 Å². The van der Waals surface area contributed by atoms with Gasteiger partial charge >= 0.3 is 0 Å². The Balaban J connectivity index is 1.64. The SMILES string of the molecule is CC(Oc1ccc(F)cc1Cl)C(=O)N1CCC2CCC(C1)N2. The Morgan fingerprint density at radius 2 is 2.18 bits per heavy atom. The Kier molecular flexibility index (Phi) is 4.54. The van der Waals surface area contributed by atoms with Crippen molar-refractivity contribution in [2.75, 3.05) is 13.1 Å². The van der Waals surface area contributed by atoms with Gasteiger partial charge in [0.25, 0.3) is 5.91 Å². The average molecular weight is 327 g/mol. The summed E-state index contributed by atoms with van der Waals surface area (Å²) in [6.45, 7) is 3.18. The fourth-order valence-electron chi connectivity index (χ4n) is 3.21. The van der Waals surface area contributed by atoms with Crippen LogP contribution >= 0.6 is 11.6 Å². The zero-order valence-electron chi connectivity index (χ0n) is 12.5. The molecule has 120 valence electrons. The van der Waals surface area contributed by atoms with Crippen LogP contribution in [0.2, 0.25) is 5.02 Å². The Morgan fingerprint density at radius 3 is 2.95 bits per heavy atom. The van der Waals surface area contributed by atoms with Gasteiger partial charge in [-0.25, -0.2) is 4.39 Å². The third-order valence-electron chi connectivity index (χ3n) is 4.38. The van der Waals surface area contributed by atoms with Gasteiger partial charge in [-0.1, -0.05) is 11.6 Å². The van der Waals surface area contributed by atoms with E-state index in [-0.39, 0.29) is 10.9 Å². The Hall–Kier alpha value is -1.33. The number of benzene rings is 1. The molecule has 2 saturated heterocycles. The summed E-state index contributed by atoms with van der Waals surface area (Å²) in [6, 6.07) is 4.83. The van der Waals surface area contributed by atoms with Crippen molar-refractivity contribution in [1.82, 2.24) is 10.2 Å². The van der Waals surface area contributed by atoms with Crippen molar-refractivity contribution in [3.05, 3.63) is 29.0 Å². The van der Waals surface area contributed by atoms with E-state index < -0.39 is 11.9 Å². The van der Waals surface area contributed by atoms with Gasteiger partial charge in [0.15, 0.2) is 6.10 Å². The zero-order chi connectivity index (χ0) is 15.7. The molecule has 22 heavy (non-hydrogen) atoms. The maximum absolute atomic E-state index is 13.0. The molecule has 6 heteroatoms. The van der Waals surface area contributed by atoms with E-state index in [1.807, 2.05) is 4.90 Å². The summed E-state index contributed by atoms with van der Waals surface area (Å²) in [5.74, 6) is -0.140. The number of carbonyl (C=O) groups excluding carboxylic acids is 1. The molecule has 0 aliphatic carbocycles. The number of amides is 1. The Labute approximate surface area is 134 Å². The minimum absolute atomic E-state index is 0.0465. The lowest BCUT2D eigenvalue weighted by atomic mass is 10.1. The Bertz CT molecular complexity index is 569. The van der Waals surface area contributed by atoms with Crippen molar-refractivity contribution >= 4 is 17.5 Å². The fraction of sp³-hybridized carbons (Fsp3) is 0.562. The van der Waals surface area contributed by atoms with Crippen molar-refractivity contribution in [3.8, 4) is 5.75 Å². The zero-order valence-corrected chi connectivity index (χ0v) is 13.3. The van der Waals surface area contributed by atoms with Crippen molar-refractivity contribution < 1.29 is 13.9 Å². The summed E-state index contributed by atoms with van der Waals surface area (Å²) < 4.78 is 18.7. The molecule has 2 bridgehead atoms. The van der Waals surface area contributed by atoms with Crippen LogP contribution in [0.1, 0.15) is 26.2 Å². The van der Waals surface area contributed by atoms with E-state index in [0.29, 0.717) is 17.8 Å². The fourth-order valence-corrected chi connectivity index (χ4v) is 3.42. The van der Waals surface area contributed by atoms with Crippen LogP contribution in [0.5, 0.6) is 5.75 Å². The smallest absolute Gasteiger partial charge is 0.263 e. The van der Waals surface area contributed by atoms with Crippen molar-refractivity contribution in [3.63, 3.8) is 0 Å². The molecule has 2 heterocycles. The normalized spacial score (nSPS) is 25.7. The maximum atomic E-state index is 13.0. The first kappa shape index (κ1) is 15.6. The average Bonchev–Trinajstić information content (AvgIpc) is 2.80. The number of nitrogens with one attached hydrogen (secondary N) is 1. The van der Waals surface area contributed by atoms with Crippen LogP contribution in [-0.4, -0.2) is 42.1 Å². The largest absolute Gasteiger partial charge is 0.479 e. The summed E-state index contributed by atoms with van der Waals surface area (Å²) >= 11 is 5.94. The molecular weight excluding hydrogens is 307 g/mol. The number of halogens is 2. The minimum atomic E-state index is -0.639. The summed E-state index contributed by atoms with van der Waals surface area (Å²) in [6.07, 6.45) is 2.66. The highest BCUT2D eigenvalue weighted by molar-refractivity contribution is 6.32. The van der Waals surface area contributed by atoms with Gasteiger partial charge in [-0.05, 0) is 44.4 Å². The molecule has 3 atom stereocenters. The molecule has 2 aliphatic rings. The van der Waals surface area contributed by atoms with Crippen LogP contribution in [-0.2, 0) is 4.79 Å². The minimum Gasteiger partial charge on any atom is -0.479 e. The summed E-state index contributed by atoms with van der Waals surface area (Å²) in [4.78, 5) is 14.4. The third kappa shape index (κ3) is 3.36. The first-order valence-corrected chi connectivity index (χ1v) is 8.07. The third-order valence-corrected chi connectivity index (χ3v) is 4.68. The first-order valence-electron chi connectivity index (χ1n) is 7.69. The molecule has 1 aromatic rings. The molecule has 0 spiro atoms.